The van der Waals surface area contributed by atoms with Gasteiger partial charge < -0.3 is 24.7 Å². The summed E-state index contributed by atoms with van der Waals surface area (Å²) in [5, 5.41) is 15.3. The SMILES string of the molecule is CO[C@@]1(NC(=O)Cc2cccs2)C(=O)N2C(C(=O)[O-])=C(COC(C)=O)CS[C@@H]21.[Na+]. The molecule has 9 nitrogen and oxygen atoms in total. The number of amides is 2. The van der Waals surface area contributed by atoms with E-state index in [0.717, 1.165) is 9.78 Å². The number of nitrogens with zero attached hydrogens (tertiary/aromatic N) is 1. The van der Waals surface area contributed by atoms with E-state index in [4.69, 9.17) is 9.47 Å². The van der Waals surface area contributed by atoms with Crippen molar-refractivity contribution in [2.45, 2.75) is 24.4 Å². The van der Waals surface area contributed by atoms with Crippen molar-refractivity contribution in [2.24, 2.45) is 0 Å². The molecule has 0 saturated carbocycles. The number of carbonyl (C=O) groups excluding carboxylic acids is 4. The Hall–Kier alpha value is -1.37. The number of rotatable bonds is 7. The number of ether oxygens (including phenoxy) is 2. The number of aliphatic carboxylic acids is 1. The third kappa shape index (κ3) is 4.54. The third-order valence-electron chi connectivity index (χ3n) is 4.32. The first kappa shape index (κ1) is 23.9. The molecule has 29 heavy (non-hydrogen) atoms. The monoisotopic (exact) mass is 448 g/mol. The Labute approximate surface area is 197 Å². The van der Waals surface area contributed by atoms with E-state index >= 15 is 0 Å². The fourth-order valence-corrected chi connectivity index (χ4v) is 5.18. The van der Waals surface area contributed by atoms with E-state index in [1.165, 1.54) is 37.1 Å². The third-order valence-corrected chi connectivity index (χ3v) is 6.57. The Morgan fingerprint density at radius 2 is 2.14 bits per heavy atom. The van der Waals surface area contributed by atoms with E-state index in [2.05, 4.69) is 5.32 Å². The van der Waals surface area contributed by atoms with Gasteiger partial charge in [0.05, 0.1) is 18.1 Å². The van der Waals surface area contributed by atoms with E-state index < -0.39 is 34.9 Å². The number of nitrogens with one attached hydrogen (secondary N) is 1. The number of β-lactam (4-membered cyclic amide) rings is 1. The zero-order chi connectivity index (χ0) is 20.5. The normalized spacial score (nSPS) is 22.9. The first-order valence-corrected chi connectivity index (χ1v) is 10.1. The van der Waals surface area contributed by atoms with Gasteiger partial charge in [-0.25, -0.2) is 0 Å². The van der Waals surface area contributed by atoms with E-state index in [1.807, 2.05) is 11.4 Å². The van der Waals surface area contributed by atoms with Crippen LogP contribution in [0.15, 0.2) is 28.8 Å². The minimum absolute atomic E-state index is 0. The number of esters is 1. The molecule has 2 amide bonds. The van der Waals surface area contributed by atoms with Crippen molar-refractivity contribution in [3.8, 4) is 0 Å². The molecule has 2 aliphatic heterocycles. The van der Waals surface area contributed by atoms with Gasteiger partial charge >= 0.3 is 35.5 Å². The second kappa shape index (κ2) is 9.63. The quantitative estimate of drug-likeness (QED) is 0.195. The maximum atomic E-state index is 12.8. The van der Waals surface area contributed by atoms with Crippen LogP contribution in [0.3, 0.4) is 0 Å². The summed E-state index contributed by atoms with van der Waals surface area (Å²) in [6.45, 7) is 0.943. The van der Waals surface area contributed by atoms with Crippen molar-refractivity contribution < 1.29 is 63.3 Å². The first-order chi connectivity index (χ1) is 13.3. The molecule has 3 heterocycles. The predicted octanol–water partition coefficient (Wildman–Crippen LogP) is -3.76. The van der Waals surface area contributed by atoms with E-state index in [9.17, 15) is 24.3 Å². The molecule has 0 unspecified atom stereocenters. The van der Waals surface area contributed by atoms with Gasteiger partial charge in [0.15, 0.2) is 0 Å². The van der Waals surface area contributed by atoms with Gasteiger partial charge in [0, 0.05) is 30.2 Å². The molecule has 1 aromatic rings. The van der Waals surface area contributed by atoms with Crippen LogP contribution in [-0.4, -0.2) is 59.2 Å². The van der Waals surface area contributed by atoms with Crippen LogP contribution in [0.25, 0.3) is 0 Å². The number of hydrogen-bond donors (Lipinski definition) is 1. The Morgan fingerprint density at radius 1 is 1.41 bits per heavy atom. The molecule has 0 aromatic carbocycles. The largest absolute Gasteiger partial charge is 1.00 e. The Balaban J connectivity index is 0.00000300. The molecule has 2 atom stereocenters. The fraction of sp³-hybridized carbons (Fsp3) is 0.412. The molecule has 12 heteroatoms. The minimum atomic E-state index is -1.66. The van der Waals surface area contributed by atoms with Crippen LogP contribution in [0.5, 0.6) is 0 Å². The number of methoxy groups -OCH3 is 1. The summed E-state index contributed by atoms with van der Waals surface area (Å²) in [6, 6.07) is 3.61. The number of fused-ring (bicyclic) bond motifs is 1. The van der Waals surface area contributed by atoms with Crippen LogP contribution in [0, 0.1) is 0 Å². The average molecular weight is 448 g/mol. The van der Waals surface area contributed by atoms with Gasteiger partial charge in [-0.15, -0.1) is 23.1 Å². The Morgan fingerprint density at radius 3 is 2.69 bits per heavy atom. The summed E-state index contributed by atoms with van der Waals surface area (Å²) < 4.78 is 10.2. The summed E-state index contributed by atoms with van der Waals surface area (Å²) in [6.07, 6.45) is 0.0777. The van der Waals surface area contributed by atoms with Gasteiger partial charge in [-0.2, -0.15) is 0 Å². The molecule has 3 rings (SSSR count). The minimum Gasteiger partial charge on any atom is -0.543 e. The van der Waals surface area contributed by atoms with Crippen LogP contribution < -0.4 is 40.0 Å². The van der Waals surface area contributed by atoms with Crippen LogP contribution in [-0.2, 0) is 35.1 Å². The molecule has 1 aromatic heterocycles. The number of carboxylic acid groups (broad SMARTS) is 1. The van der Waals surface area contributed by atoms with Crippen molar-refractivity contribution in [1.29, 1.82) is 0 Å². The number of hydrogen-bond acceptors (Lipinski definition) is 9. The van der Waals surface area contributed by atoms with Gasteiger partial charge in [-0.3, -0.25) is 19.3 Å². The molecular weight excluding hydrogens is 431 g/mol. The molecule has 150 valence electrons. The summed E-state index contributed by atoms with van der Waals surface area (Å²) in [7, 11) is 1.28. The molecule has 0 spiro atoms. The van der Waals surface area contributed by atoms with Crippen LogP contribution in [0.1, 0.15) is 11.8 Å². The summed E-state index contributed by atoms with van der Waals surface area (Å²) in [5.74, 6) is -3.08. The smallest absolute Gasteiger partial charge is 0.543 e. The van der Waals surface area contributed by atoms with Crippen molar-refractivity contribution in [1.82, 2.24) is 10.2 Å². The number of thioether (sulfide) groups is 1. The van der Waals surface area contributed by atoms with Crippen LogP contribution in [0.4, 0.5) is 0 Å². The fourth-order valence-electron chi connectivity index (χ4n) is 3.05. The van der Waals surface area contributed by atoms with Crippen molar-refractivity contribution in [3.63, 3.8) is 0 Å². The number of thiophene rings is 1. The van der Waals surface area contributed by atoms with Crippen LogP contribution in [0.2, 0.25) is 0 Å². The van der Waals surface area contributed by atoms with E-state index in [0.29, 0.717) is 0 Å². The molecule has 1 saturated heterocycles. The Bertz CT molecular complexity index is 858. The molecule has 1 fully saturated rings. The summed E-state index contributed by atoms with van der Waals surface area (Å²) in [4.78, 5) is 49.7. The second-order valence-electron chi connectivity index (χ2n) is 6.10. The van der Waals surface area contributed by atoms with Crippen LogP contribution >= 0.6 is 23.1 Å². The van der Waals surface area contributed by atoms with Crippen molar-refractivity contribution >= 4 is 46.9 Å². The summed E-state index contributed by atoms with van der Waals surface area (Å²) >= 11 is 2.62. The number of carboxylic acids is 1. The molecule has 0 radical (unpaired) electrons. The zero-order valence-corrected chi connectivity index (χ0v) is 19.7. The summed E-state index contributed by atoms with van der Waals surface area (Å²) in [5.41, 5.74) is -1.76. The van der Waals surface area contributed by atoms with Gasteiger partial charge in [-0.05, 0) is 11.4 Å². The molecule has 0 aliphatic carbocycles. The maximum Gasteiger partial charge on any atom is 1.00 e. The molecule has 0 bridgehead atoms. The molecule has 1 N–H and O–H groups in total. The van der Waals surface area contributed by atoms with Crippen molar-refractivity contribution in [2.75, 3.05) is 19.5 Å². The van der Waals surface area contributed by atoms with Gasteiger partial charge in [0.1, 0.15) is 12.0 Å². The second-order valence-corrected chi connectivity index (χ2v) is 8.20. The zero-order valence-electron chi connectivity index (χ0n) is 16.1. The van der Waals surface area contributed by atoms with E-state index in [1.54, 1.807) is 6.07 Å². The molecular formula is C17H17N2NaO7S2. The Kier molecular flexibility index (Phi) is 7.93. The standard InChI is InChI=1S/C17H18N2O7S2.Na/c1-9(20)26-7-10-8-28-16-17(25-2,15(24)19(16)13(10)14(22)23)18-12(21)6-11-4-3-5-27-11;/h3-5,16H,6-8H2,1-2H3,(H,18,21)(H,22,23);/q;+1/p-1/t16-,17+;/m1./s1. The maximum absolute atomic E-state index is 12.8. The average Bonchev–Trinajstić information content (AvgIpc) is 3.15. The first-order valence-electron chi connectivity index (χ1n) is 8.20. The van der Waals surface area contributed by atoms with Crippen molar-refractivity contribution in [3.05, 3.63) is 33.7 Å². The molecule has 2 aliphatic rings. The van der Waals surface area contributed by atoms with Gasteiger partial charge in [0.25, 0.3) is 11.6 Å². The van der Waals surface area contributed by atoms with Gasteiger partial charge in [-0.1, -0.05) is 6.07 Å². The van der Waals surface area contributed by atoms with E-state index in [-0.39, 0.29) is 59.6 Å². The number of carbonyl (C=O) groups is 4. The topological polar surface area (TPSA) is 125 Å². The predicted molar refractivity (Wildman–Crippen MR) is 97.7 cm³/mol. The van der Waals surface area contributed by atoms with Gasteiger partial charge in [0.2, 0.25) is 5.91 Å².